The number of hydrogen-bond donors (Lipinski definition) is 0. The van der Waals surface area contributed by atoms with Gasteiger partial charge in [0, 0.05) is 24.0 Å². The van der Waals surface area contributed by atoms with Gasteiger partial charge in [-0.3, -0.25) is 9.59 Å². The van der Waals surface area contributed by atoms with Gasteiger partial charge in [-0.25, -0.2) is 0 Å². The van der Waals surface area contributed by atoms with E-state index >= 15 is 0 Å². The first-order valence-corrected chi connectivity index (χ1v) is 6.65. The third kappa shape index (κ3) is 1.98. The average molecular weight is 281 g/mol. The minimum absolute atomic E-state index is 0.378. The van der Waals surface area contributed by atoms with Gasteiger partial charge in [0.15, 0.2) is 0 Å². The average Bonchev–Trinajstić information content (AvgIpc) is 2.87. The number of rotatable bonds is 2. The second kappa shape index (κ2) is 4.70. The zero-order valence-corrected chi connectivity index (χ0v) is 12.1. The van der Waals surface area contributed by atoms with Crippen molar-refractivity contribution in [1.29, 1.82) is 0 Å². The Kier molecular flexibility index (Phi) is 2.97. The molecule has 0 N–H and O–H groups in total. The van der Waals surface area contributed by atoms with Crippen molar-refractivity contribution in [3.8, 4) is 0 Å². The molecule has 1 aromatic heterocycles. The van der Waals surface area contributed by atoms with Crippen molar-refractivity contribution in [2.24, 2.45) is 12.1 Å². The number of carbonyl (C=O) groups is 2. The Morgan fingerprint density at radius 3 is 2.10 bits per heavy atom. The number of aryl methyl sites for hydroxylation is 1. The van der Waals surface area contributed by atoms with E-state index in [0.717, 1.165) is 22.0 Å². The first-order chi connectivity index (χ1) is 10.0. The predicted molar refractivity (Wildman–Crippen MR) is 79.4 cm³/mol. The second-order valence-electron chi connectivity index (χ2n) is 5.10. The summed E-state index contributed by atoms with van der Waals surface area (Å²) in [4.78, 5) is 24.3. The highest BCUT2D eigenvalue weighted by Crippen LogP contribution is 2.22. The molecule has 5 nitrogen and oxygen atoms in total. The number of carbonyl (C=O) groups excluding carboxylic acids is 2. The maximum absolute atomic E-state index is 12.2. The minimum atomic E-state index is -0.378. The molecule has 1 aromatic carbocycles. The number of hydrogen-bond acceptors (Lipinski definition) is 3. The van der Waals surface area contributed by atoms with Crippen LogP contribution in [0.3, 0.4) is 0 Å². The molecule has 3 rings (SSSR count). The normalized spacial score (nSPS) is 14.3. The summed E-state index contributed by atoms with van der Waals surface area (Å²) in [5.74, 6) is -0.755. The number of aromatic nitrogens is 1. The molecule has 0 bridgehead atoms. The Labute approximate surface area is 122 Å². The highest BCUT2D eigenvalue weighted by Gasteiger charge is 2.35. The van der Waals surface area contributed by atoms with Crippen LogP contribution < -0.4 is 0 Å². The summed E-state index contributed by atoms with van der Waals surface area (Å²) >= 11 is 0. The van der Waals surface area contributed by atoms with Crippen LogP contribution in [-0.2, 0) is 7.05 Å². The van der Waals surface area contributed by atoms with Crippen LogP contribution in [0.1, 0.15) is 37.7 Å². The first-order valence-electron chi connectivity index (χ1n) is 6.65. The SMILES string of the molecule is Cc1cc(/C=N\N2C(=O)c3ccccc3C2=O)c(C)n1C. The fourth-order valence-electron chi connectivity index (χ4n) is 2.42. The fraction of sp³-hybridized carbons (Fsp3) is 0.188. The van der Waals surface area contributed by atoms with Crippen LogP contribution in [-0.4, -0.2) is 27.6 Å². The predicted octanol–water partition coefficient (Wildman–Crippen LogP) is 2.27. The lowest BCUT2D eigenvalue weighted by Gasteiger charge is -2.05. The molecule has 21 heavy (non-hydrogen) atoms. The van der Waals surface area contributed by atoms with Gasteiger partial charge in [-0.15, -0.1) is 0 Å². The molecule has 5 heteroatoms. The first kappa shape index (κ1) is 13.3. The summed E-state index contributed by atoms with van der Waals surface area (Å²) in [6.45, 7) is 3.96. The number of fused-ring (bicyclic) bond motifs is 1. The molecule has 0 saturated carbocycles. The van der Waals surface area contributed by atoms with Crippen molar-refractivity contribution in [3.63, 3.8) is 0 Å². The molecule has 0 aliphatic carbocycles. The molecular formula is C16H15N3O2. The maximum atomic E-state index is 12.2. The molecule has 0 unspecified atom stereocenters. The van der Waals surface area contributed by atoms with Gasteiger partial charge >= 0.3 is 0 Å². The number of imide groups is 1. The summed E-state index contributed by atoms with van der Waals surface area (Å²) in [7, 11) is 1.96. The Morgan fingerprint density at radius 1 is 1.05 bits per heavy atom. The number of amides is 2. The monoisotopic (exact) mass is 281 g/mol. The highest BCUT2D eigenvalue weighted by atomic mass is 16.2. The molecule has 1 aliphatic rings. The minimum Gasteiger partial charge on any atom is -0.352 e. The zero-order valence-electron chi connectivity index (χ0n) is 12.1. The molecular weight excluding hydrogens is 266 g/mol. The van der Waals surface area contributed by atoms with E-state index in [0.29, 0.717) is 11.1 Å². The molecule has 2 heterocycles. The van der Waals surface area contributed by atoms with E-state index in [1.807, 2.05) is 31.5 Å². The van der Waals surface area contributed by atoms with Gasteiger partial charge in [0.1, 0.15) is 0 Å². The fourth-order valence-corrected chi connectivity index (χ4v) is 2.42. The van der Waals surface area contributed by atoms with Crippen molar-refractivity contribution < 1.29 is 9.59 Å². The van der Waals surface area contributed by atoms with Crippen LogP contribution in [0.15, 0.2) is 35.4 Å². The molecule has 2 amide bonds. The van der Waals surface area contributed by atoms with Crippen LogP contribution in [0.4, 0.5) is 0 Å². The summed E-state index contributed by atoms with van der Waals surface area (Å²) in [6, 6.07) is 8.73. The quantitative estimate of drug-likeness (QED) is 0.626. The summed E-state index contributed by atoms with van der Waals surface area (Å²) in [5.41, 5.74) is 3.83. The van der Waals surface area contributed by atoms with E-state index in [4.69, 9.17) is 0 Å². The van der Waals surface area contributed by atoms with Gasteiger partial charge in [0.2, 0.25) is 0 Å². The Morgan fingerprint density at radius 2 is 1.62 bits per heavy atom. The largest absolute Gasteiger partial charge is 0.352 e. The number of nitrogens with zero attached hydrogens (tertiary/aromatic N) is 3. The molecule has 0 fully saturated rings. The Bertz CT molecular complexity index is 752. The van der Waals surface area contributed by atoms with E-state index in [1.165, 1.54) is 0 Å². The van der Waals surface area contributed by atoms with Crippen molar-refractivity contribution in [2.45, 2.75) is 13.8 Å². The highest BCUT2D eigenvalue weighted by molar-refractivity contribution is 6.21. The van der Waals surface area contributed by atoms with E-state index in [-0.39, 0.29) is 11.8 Å². The van der Waals surface area contributed by atoms with Crippen molar-refractivity contribution in [1.82, 2.24) is 9.58 Å². The second-order valence-corrected chi connectivity index (χ2v) is 5.10. The van der Waals surface area contributed by atoms with Gasteiger partial charge < -0.3 is 4.57 Å². The molecule has 2 aromatic rings. The van der Waals surface area contributed by atoms with Crippen molar-refractivity contribution in [2.75, 3.05) is 0 Å². The van der Waals surface area contributed by atoms with Crippen LogP contribution in [0.2, 0.25) is 0 Å². The van der Waals surface area contributed by atoms with Gasteiger partial charge in [0.25, 0.3) is 11.8 Å². The summed E-state index contributed by atoms with van der Waals surface area (Å²) in [6.07, 6.45) is 1.56. The zero-order chi connectivity index (χ0) is 15.1. The van der Waals surface area contributed by atoms with Crippen LogP contribution in [0.25, 0.3) is 0 Å². The molecule has 0 spiro atoms. The maximum Gasteiger partial charge on any atom is 0.282 e. The Balaban J connectivity index is 1.93. The van der Waals surface area contributed by atoms with Crippen molar-refractivity contribution in [3.05, 3.63) is 58.4 Å². The van der Waals surface area contributed by atoms with E-state index in [9.17, 15) is 9.59 Å². The van der Waals surface area contributed by atoms with E-state index in [2.05, 4.69) is 5.10 Å². The molecule has 0 atom stereocenters. The van der Waals surface area contributed by atoms with E-state index in [1.54, 1.807) is 30.5 Å². The lowest BCUT2D eigenvalue weighted by molar-refractivity contribution is 0.0660. The number of hydrazone groups is 1. The van der Waals surface area contributed by atoms with Gasteiger partial charge in [-0.05, 0) is 32.0 Å². The summed E-state index contributed by atoms with van der Waals surface area (Å²) in [5, 5.41) is 5.00. The molecule has 0 radical (unpaired) electrons. The topological polar surface area (TPSA) is 54.7 Å². The van der Waals surface area contributed by atoms with Crippen LogP contribution >= 0.6 is 0 Å². The van der Waals surface area contributed by atoms with Crippen LogP contribution in [0.5, 0.6) is 0 Å². The lowest BCUT2D eigenvalue weighted by Crippen LogP contribution is -2.24. The molecule has 0 saturated heterocycles. The summed E-state index contributed by atoms with van der Waals surface area (Å²) < 4.78 is 2.03. The molecule has 1 aliphatic heterocycles. The smallest absolute Gasteiger partial charge is 0.282 e. The standard InChI is InChI=1S/C16H15N3O2/c1-10-8-12(11(2)18(10)3)9-17-19-15(20)13-6-4-5-7-14(13)16(19)21/h4-9H,1-3H3/b17-9-. The van der Waals surface area contributed by atoms with Crippen molar-refractivity contribution >= 4 is 18.0 Å². The van der Waals surface area contributed by atoms with Gasteiger partial charge in [-0.2, -0.15) is 10.1 Å². The Hall–Kier alpha value is -2.69. The van der Waals surface area contributed by atoms with E-state index < -0.39 is 0 Å². The lowest BCUT2D eigenvalue weighted by atomic mass is 10.1. The molecule has 106 valence electrons. The van der Waals surface area contributed by atoms with Gasteiger partial charge in [0.05, 0.1) is 17.3 Å². The third-order valence-corrected chi connectivity index (χ3v) is 3.90. The van der Waals surface area contributed by atoms with Crippen LogP contribution in [0, 0.1) is 13.8 Å². The van der Waals surface area contributed by atoms with Gasteiger partial charge in [-0.1, -0.05) is 12.1 Å². The number of benzene rings is 1. The third-order valence-electron chi connectivity index (χ3n) is 3.90.